The number of hydrogen-bond acceptors (Lipinski definition) is 15. The van der Waals surface area contributed by atoms with E-state index in [9.17, 15) is 29.6 Å². The van der Waals surface area contributed by atoms with Crippen LogP contribution in [0, 0.1) is 12.7 Å². The quantitative estimate of drug-likeness (QED) is 0.0979. The van der Waals surface area contributed by atoms with Crippen molar-refractivity contribution in [2.24, 2.45) is 0 Å². The van der Waals surface area contributed by atoms with Crippen molar-refractivity contribution in [1.29, 1.82) is 0 Å². The highest BCUT2D eigenvalue weighted by atomic mass is 35.5. The molecule has 0 bridgehead atoms. The Morgan fingerprint density at radius 1 is 0.455 bits per heavy atom. The molecule has 342 valence electrons. The summed E-state index contributed by atoms with van der Waals surface area (Å²) in [4.78, 5) is -0.0824. The van der Waals surface area contributed by atoms with Gasteiger partial charge in [0, 0.05) is 5.02 Å². The lowest BCUT2D eigenvalue weighted by molar-refractivity contribution is 0.415. The van der Waals surface area contributed by atoms with Gasteiger partial charge in [-0.3, -0.25) is 15.3 Å². The first-order chi connectivity index (χ1) is 31.5. The number of methoxy groups -OCH3 is 3. The van der Waals surface area contributed by atoms with E-state index in [4.69, 9.17) is 38.4 Å². The molecule has 3 aromatic heterocycles. The molecule has 0 fully saturated rings. The molecule has 0 aliphatic rings. The van der Waals surface area contributed by atoms with Gasteiger partial charge in [0.1, 0.15) is 37.8 Å². The zero-order valence-electron chi connectivity index (χ0n) is 34.8. The van der Waals surface area contributed by atoms with E-state index in [1.165, 1.54) is 57.7 Å². The SMILES string of the molecule is COc1ccc2[nH]nc(OS(=O)(=O)c3ccc(C)cc3)c2c1.COc1ccc2[nH]nc(OS(=O)(=O)c3ccc(Cl)cc3)c2c1.COc1ccc2[nH]nc(OS(=O)(=O)c3ccc(F)cc3)c2c1. The Labute approximate surface area is 381 Å². The second-order valence-corrected chi connectivity index (χ2v) is 18.7. The number of nitrogens with one attached hydrogen (secondary N) is 3. The van der Waals surface area contributed by atoms with Crippen molar-refractivity contribution in [2.75, 3.05) is 21.3 Å². The average Bonchev–Trinajstić information content (AvgIpc) is 4.02. The van der Waals surface area contributed by atoms with Crippen molar-refractivity contribution in [3.63, 3.8) is 0 Å². The van der Waals surface area contributed by atoms with Gasteiger partial charge in [0.25, 0.3) is 17.6 Å². The van der Waals surface area contributed by atoms with Crippen molar-refractivity contribution >= 4 is 74.7 Å². The highest BCUT2D eigenvalue weighted by molar-refractivity contribution is 7.87. The number of aromatic nitrogens is 6. The fourth-order valence-corrected chi connectivity index (χ4v) is 8.67. The molecule has 0 radical (unpaired) electrons. The molecule has 3 N–H and O–H groups in total. The van der Waals surface area contributed by atoms with Gasteiger partial charge in [0.05, 0.1) is 54.0 Å². The Kier molecular flexibility index (Phi) is 13.7. The zero-order chi connectivity index (χ0) is 47.2. The molecule has 0 saturated carbocycles. The highest BCUT2D eigenvalue weighted by Gasteiger charge is 2.23. The summed E-state index contributed by atoms with van der Waals surface area (Å²) < 4.78 is 117. The van der Waals surface area contributed by atoms with Crippen LogP contribution in [0.1, 0.15) is 5.56 Å². The van der Waals surface area contributed by atoms with Gasteiger partial charge < -0.3 is 26.8 Å². The monoisotopic (exact) mass is 978 g/mol. The van der Waals surface area contributed by atoms with Gasteiger partial charge in [-0.15, -0.1) is 15.3 Å². The maximum atomic E-state index is 12.9. The molecule has 23 heteroatoms. The molecule has 3 heterocycles. The number of ether oxygens (including phenoxy) is 3. The van der Waals surface area contributed by atoms with Gasteiger partial charge in [-0.05, 0) is 122 Å². The number of aromatic amines is 3. The number of aryl methyl sites for hydroxylation is 1. The Hall–Kier alpha value is -7.40. The van der Waals surface area contributed by atoms with Crippen LogP contribution in [-0.2, 0) is 30.4 Å². The van der Waals surface area contributed by atoms with Crippen molar-refractivity contribution in [1.82, 2.24) is 30.6 Å². The van der Waals surface area contributed by atoms with Crippen LogP contribution in [0.25, 0.3) is 32.7 Å². The van der Waals surface area contributed by atoms with Gasteiger partial charge in [0.15, 0.2) is 0 Å². The van der Waals surface area contributed by atoms with Crippen LogP contribution in [-0.4, -0.2) is 77.2 Å². The van der Waals surface area contributed by atoms with Crippen LogP contribution in [0.5, 0.6) is 34.9 Å². The molecule has 0 spiro atoms. The van der Waals surface area contributed by atoms with Gasteiger partial charge in [-0.25, -0.2) is 4.39 Å². The molecule has 0 aliphatic carbocycles. The van der Waals surface area contributed by atoms with Crippen molar-refractivity contribution in [2.45, 2.75) is 21.6 Å². The minimum atomic E-state index is -4.10. The van der Waals surface area contributed by atoms with Crippen molar-refractivity contribution in [3.8, 4) is 34.9 Å². The molecule has 18 nitrogen and oxygen atoms in total. The summed E-state index contributed by atoms with van der Waals surface area (Å²) >= 11 is 5.75. The molecule has 0 amide bonds. The third kappa shape index (κ3) is 10.7. The first-order valence-electron chi connectivity index (χ1n) is 19.0. The molecular formula is C43H36ClFN6O12S3. The number of fused-ring (bicyclic) bond motifs is 3. The van der Waals surface area contributed by atoms with E-state index in [1.54, 1.807) is 66.7 Å². The second-order valence-electron chi connectivity index (χ2n) is 13.7. The summed E-state index contributed by atoms with van der Waals surface area (Å²) in [5, 5.41) is 21.7. The minimum absolute atomic E-state index is 0.00375. The summed E-state index contributed by atoms with van der Waals surface area (Å²) in [6, 6.07) is 31.7. The van der Waals surface area contributed by atoms with E-state index >= 15 is 0 Å². The van der Waals surface area contributed by atoms with Crippen LogP contribution in [0.2, 0.25) is 5.02 Å². The maximum absolute atomic E-state index is 12.9. The fourth-order valence-electron chi connectivity index (χ4n) is 5.84. The largest absolute Gasteiger partial charge is 0.497 e. The number of rotatable bonds is 12. The Balaban J connectivity index is 0.000000147. The van der Waals surface area contributed by atoms with E-state index in [2.05, 4.69) is 30.6 Å². The lowest BCUT2D eigenvalue weighted by Gasteiger charge is -2.05. The number of benzene rings is 6. The summed E-state index contributed by atoms with van der Waals surface area (Å²) in [6.07, 6.45) is 0. The van der Waals surface area contributed by atoms with E-state index in [-0.39, 0.29) is 32.3 Å². The Bertz CT molecular complexity index is 3130. The molecule has 0 unspecified atom stereocenters. The second kappa shape index (κ2) is 19.4. The van der Waals surface area contributed by atoms with E-state index in [1.807, 2.05) is 6.92 Å². The number of hydrogen-bond donors (Lipinski definition) is 3. The number of halogens is 2. The first kappa shape index (κ1) is 46.6. The predicted molar refractivity (Wildman–Crippen MR) is 240 cm³/mol. The molecule has 0 saturated heterocycles. The molecular weight excluding hydrogens is 943 g/mol. The molecule has 9 rings (SSSR count). The topological polar surface area (TPSA) is 244 Å². The standard InChI is InChI=1S/C15H14N2O4S.C14H11ClN2O4S.C14H11FN2O4S/c1-10-3-6-12(7-4-10)22(18,19)21-15-13-9-11(20-2)5-8-14(13)16-17-15;2*1-20-10-4-7-13-12(8-10)14(17-16-13)21-22(18,19)11-5-2-9(15)3-6-11/h3-9H,1-2H3,(H,16,17);2*2-8H,1H3,(H,16,17). The van der Waals surface area contributed by atoms with Gasteiger partial charge in [-0.2, -0.15) is 25.3 Å². The minimum Gasteiger partial charge on any atom is -0.497 e. The maximum Gasteiger partial charge on any atom is 0.340 e. The third-order valence-corrected chi connectivity index (χ3v) is 13.2. The smallest absolute Gasteiger partial charge is 0.340 e. The van der Waals surface area contributed by atoms with Crippen LogP contribution in [0.3, 0.4) is 0 Å². The fraction of sp³-hybridized carbons (Fsp3) is 0.0930. The molecule has 0 atom stereocenters. The predicted octanol–water partition coefficient (Wildman–Crippen LogP) is 8.12. The highest BCUT2D eigenvalue weighted by Crippen LogP contribution is 2.32. The molecule has 9 aromatic rings. The summed E-state index contributed by atoms with van der Waals surface area (Å²) in [5.74, 6) is 1.03. The Morgan fingerprint density at radius 2 is 0.758 bits per heavy atom. The van der Waals surface area contributed by atoms with Gasteiger partial charge >= 0.3 is 30.4 Å². The van der Waals surface area contributed by atoms with Crippen LogP contribution in [0.15, 0.2) is 142 Å². The van der Waals surface area contributed by atoms with E-state index in [0.717, 1.165) is 29.8 Å². The molecule has 6 aromatic carbocycles. The number of H-pyrrole nitrogens is 3. The van der Waals surface area contributed by atoms with Crippen LogP contribution in [0.4, 0.5) is 4.39 Å². The van der Waals surface area contributed by atoms with Crippen LogP contribution < -0.4 is 26.8 Å². The lowest BCUT2D eigenvalue weighted by Crippen LogP contribution is -2.10. The van der Waals surface area contributed by atoms with Crippen molar-refractivity contribution in [3.05, 3.63) is 144 Å². The summed E-state index contributed by atoms with van der Waals surface area (Å²) in [7, 11) is -7.48. The third-order valence-electron chi connectivity index (χ3n) is 9.29. The lowest BCUT2D eigenvalue weighted by atomic mass is 10.2. The average molecular weight is 979 g/mol. The van der Waals surface area contributed by atoms with E-state index in [0.29, 0.717) is 55.0 Å². The normalized spacial score (nSPS) is 11.5. The summed E-state index contributed by atoms with van der Waals surface area (Å²) in [5.41, 5.74) is 2.87. The first-order valence-corrected chi connectivity index (χ1v) is 23.6. The molecule has 0 aliphatic heterocycles. The van der Waals surface area contributed by atoms with Gasteiger partial charge in [0.2, 0.25) is 0 Å². The van der Waals surface area contributed by atoms with Crippen molar-refractivity contribution < 1.29 is 56.4 Å². The number of nitrogens with zero attached hydrogens (tertiary/aromatic N) is 3. The van der Waals surface area contributed by atoms with Crippen LogP contribution >= 0.6 is 11.6 Å². The summed E-state index contributed by atoms with van der Waals surface area (Å²) in [6.45, 7) is 1.88. The van der Waals surface area contributed by atoms with Gasteiger partial charge in [-0.1, -0.05) is 29.3 Å². The zero-order valence-corrected chi connectivity index (χ0v) is 38.1. The molecule has 66 heavy (non-hydrogen) atoms. The van der Waals surface area contributed by atoms with E-state index < -0.39 is 36.2 Å². The Morgan fingerprint density at radius 3 is 1.08 bits per heavy atom.